The van der Waals surface area contributed by atoms with Crippen LogP contribution in [0.1, 0.15) is 30.6 Å². The van der Waals surface area contributed by atoms with E-state index in [0.29, 0.717) is 0 Å². The molecule has 0 saturated carbocycles. The van der Waals surface area contributed by atoms with Crippen LogP contribution in [0.25, 0.3) is 0 Å². The zero-order valence-electron chi connectivity index (χ0n) is 11.1. The zero-order chi connectivity index (χ0) is 13.8. The van der Waals surface area contributed by atoms with E-state index in [-0.39, 0.29) is 12.1 Å². The molecule has 0 saturated heterocycles. The van der Waals surface area contributed by atoms with Crippen LogP contribution < -0.4 is 10.5 Å². The number of nitrogens with two attached hydrogens (primary N) is 1. The standard InChI is InChI=1S/C15H18BrNOS/c1-3-14(17)15(11-6-7-19-9-11)18-12-4-5-13(16)10(2)8-12/h4-9,14-15H,3,17H2,1-2H3. The Hall–Kier alpha value is -0.840. The molecule has 0 aliphatic rings. The van der Waals surface area contributed by atoms with E-state index in [1.54, 1.807) is 11.3 Å². The number of hydrogen-bond acceptors (Lipinski definition) is 3. The topological polar surface area (TPSA) is 35.2 Å². The van der Waals surface area contributed by atoms with Gasteiger partial charge in [0.05, 0.1) is 0 Å². The minimum atomic E-state index is -0.0863. The first-order valence-corrected chi connectivity index (χ1v) is 8.06. The van der Waals surface area contributed by atoms with E-state index in [0.717, 1.165) is 27.8 Å². The van der Waals surface area contributed by atoms with E-state index in [2.05, 4.69) is 46.6 Å². The maximum Gasteiger partial charge on any atom is 0.140 e. The van der Waals surface area contributed by atoms with Gasteiger partial charge in [0.15, 0.2) is 0 Å². The van der Waals surface area contributed by atoms with Gasteiger partial charge >= 0.3 is 0 Å². The highest BCUT2D eigenvalue weighted by molar-refractivity contribution is 9.10. The number of aryl methyl sites for hydroxylation is 1. The molecule has 0 radical (unpaired) electrons. The van der Waals surface area contributed by atoms with Gasteiger partial charge in [-0.2, -0.15) is 11.3 Å². The summed E-state index contributed by atoms with van der Waals surface area (Å²) >= 11 is 5.17. The van der Waals surface area contributed by atoms with Crippen LogP contribution >= 0.6 is 27.3 Å². The molecule has 102 valence electrons. The average molecular weight is 340 g/mol. The fourth-order valence-corrected chi connectivity index (χ4v) is 2.82. The third kappa shape index (κ3) is 3.59. The van der Waals surface area contributed by atoms with Crippen LogP contribution in [0.4, 0.5) is 0 Å². The molecule has 2 rings (SSSR count). The summed E-state index contributed by atoms with van der Waals surface area (Å²) in [6.07, 6.45) is 0.799. The van der Waals surface area contributed by atoms with Gasteiger partial charge in [-0.15, -0.1) is 0 Å². The highest BCUT2D eigenvalue weighted by atomic mass is 79.9. The molecule has 19 heavy (non-hydrogen) atoms. The van der Waals surface area contributed by atoms with Gasteiger partial charge in [-0.1, -0.05) is 22.9 Å². The summed E-state index contributed by atoms with van der Waals surface area (Å²) in [5.74, 6) is 0.862. The largest absolute Gasteiger partial charge is 0.484 e. The quantitative estimate of drug-likeness (QED) is 0.858. The first-order chi connectivity index (χ1) is 9.11. The zero-order valence-corrected chi connectivity index (χ0v) is 13.5. The van der Waals surface area contributed by atoms with Gasteiger partial charge in [-0.3, -0.25) is 0 Å². The van der Waals surface area contributed by atoms with Crippen LogP contribution in [0.15, 0.2) is 39.5 Å². The molecule has 1 heterocycles. The number of benzene rings is 1. The van der Waals surface area contributed by atoms with Crippen molar-refractivity contribution < 1.29 is 4.74 Å². The Bertz CT molecular complexity index is 527. The van der Waals surface area contributed by atoms with Crippen LogP contribution in [-0.4, -0.2) is 6.04 Å². The van der Waals surface area contributed by atoms with Crippen molar-refractivity contribution in [3.05, 3.63) is 50.6 Å². The molecule has 2 nitrogen and oxygen atoms in total. The van der Waals surface area contributed by atoms with Crippen molar-refractivity contribution in [3.8, 4) is 5.75 Å². The lowest BCUT2D eigenvalue weighted by Crippen LogP contribution is -2.31. The Morgan fingerprint density at radius 1 is 1.37 bits per heavy atom. The fraction of sp³-hybridized carbons (Fsp3) is 0.333. The molecule has 4 heteroatoms. The van der Waals surface area contributed by atoms with Crippen LogP contribution in [0.5, 0.6) is 5.75 Å². The number of halogens is 1. The average Bonchev–Trinajstić information content (AvgIpc) is 2.93. The molecule has 0 spiro atoms. The van der Waals surface area contributed by atoms with Crippen molar-refractivity contribution in [2.24, 2.45) is 5.73 Å². The Morgan fingerprint density at radius 2 is 2.16 bits per heavy atom. The Labute approximate surface area is 126 Å². The molecule has 1 aromatic carbocycles. The highest BCUT2D eigenvalue weighted by Gasteiger charge is 2.21. The van der Waals surface area contributed by atoms with Gasteiger partial charge in [0.1, 0.15) is 11.9 Å². The van der Waals surface area contributed by atoms with Crippen molar-refractivity contribution >= 4 is 27.3 Å². The molecule has 0 aliphatic heterocycles. The molecular weight excluding hydrogens is 322 g/mol. The summed E-state index contributed by atoms with van der Waals surface area (Å²) in [6, 6.07) is 8.09. The summed E-state index contributed by atoms with van der Waals surface area (Å²) in [4.78, 5) is 0. The molecule has 0 bridgehead atoms. The highest BCUT2D eigenvalue weighted by Crippen LogP contribution is 2.29. The lowest BCUT2D eigenvalue weighted by atomic mass is 10.0. The lowest BCUT2D eigenvalue weighted by Gasteiger charge is -2.24. The number of rotatable bonds is 5. The van der Waals surface area contributed by atoms with Gasteiger partial charge in [0, 0.05) is 16.1 Å². The predicted octanol–water partition coefficient (Wildman–Crippen LogP) is 4.68. The second-order valence-electron chi connectivity index (χ2n) is 4.58. The van der Waals surface area contributed by atoms with E-state index in [9.17, 15) is 0 Å². The molecule has 1 aromatic heterocycles. The van der Waals surface area contributed by atoms with E-state index in [1.807, 2.05) is 18.2 Å². The first-order valence-electron chi connectivity index (χ1n) is 6.32. The molecule has 0 amide bonds. The van der Waals surface area contributed by atoms with Gasteiger partial charge in [-0.05, 0) is 53.9 Å². The third-order valence-corrected chi connectivity index (χ3v) is 4.72. The minimum Gasteiger partial charge on any atom is -0.484 e. The monoisotopic (exact) mass is 339 g/mol. The summed E-state index contributed by atoms with van der Waals surface area (Å²) < 4.78 is 7.20. The molecule has 2 aromatic rings. The summed E-state index contributed by atoms with van der Waals surface area (Å²) in [5, 5.41) is 4.16. The number of ether oxygens (including phenoxy) is 1. The number of thiophene rings is 1. The lowest BCUT2D eigenvalue weighted by molar-refractivity contribution is 0.171. The van der Waals surface area contributed by atoms with E-state index < -0.39 is 0 Å². The predicted molar refractivity (Wildman–Crippen MR) is 84.8 cm³/mol. The Kier molecular flexibility index (Phi) is 5.02. The van der Waals surface area contributed by atoms with Crippen molar-refractivity contribution in [1.82, 2.24) is 0 Å². The maximum atomic E-state index is 6.19. The second-order valence-corrected chi connectivity index (χ2v) is 6.21. The summed E-state index contributed by atoms with van der Waals surface area (Å²) in [5.41, 5.74) is 8.51. The molecule has 2 atom stereocenters. The smallest absolute Gasteiger partial charge is 0.140 e. The van der Waals surface area contributed by atoms with Gasteiger partial charge < -0.3 is 10.5 Å². The van der Waals surface area contributed by atoms with Crippen molar-refractivity contribution in [2.45, 2.75) is 32.4 Å². The van der Waals surface area contributed by atoms with Gasteiger partial charge in [-0.25, -0.2) is 0 Å². The SMILES string of the molecule is CCC(N)C(Oc1ccc(Br)c(C)c1)c1ccsc1. The Balaban J connectivity index is 2.23. The minimum absolute atomic E-state index is 0.00134. The van der Waals surface area contributed by atoms with Crippen molar-refractivity contribution in [1.29, 1.82) is 0 Å². The third-order valence-electron chi connectivity index (χ3n) is 3.12. The second kappa shape index (κ2) is 6.55. The van der Waals surface area contributed by atoms with Crippen molar-refractivity contribution in [3.63, 3.8) is 0 Å². The Morgan fingerprint density at radius 3 is 2.74 bits per heavy atom. The fourth-order valence-electron chi connectivity index (χ4n) is 1.89. The summed E-state index contributed by atoms with van der Waals surface area (Å²) in [6.45, 7) is 4.14. The van der Waals surface area contributed by atoms with Crippen molar-refractivity contribution in [2.75, 3.05) is 0 Å². The maximum absolute atomic E-state index is 6.19. The molecule has 0 aliphatic carbocycles. The van der Waals surface area contributed by atoms with Crippen LogP contribution in [0, 0.1) is 6.92 Å². The normalized spacial score (nSPS) is 14.1. The van der Waals surface area contributed by atoms with Gasteiger partial charge in [0.2, 0.25) is 0 Å². The van der Waals surface area contributed by atoms with Gasteiger partial charge in [0.25, 0.3) is 0 Å². The van der Waals surface area contributed by atoms with E-state index in [4.69, 9.17) is 10.5 Å². The van der Waals surface area contributed by atoms with E-state index >= 15 is 0 Å². The first kappa shape index (κ1) is 14.6. The number of hydrogen-bond donors (Lipinski definition) is 1. The molecular formula is C15H18BrNOS. The summed E-state index contributed by atoms with van der Waals surface area (Å²) in [7, 11) is 0. The molecule has 2 N–H and O–H groups in total. The van der Waals surface area contributed by atoms with E-state index in [1.165, 1.54) is 0 Å². The molecule has 0 fully saturated rings. The van der Waals surface area contributed by atoms with Crippen LogP contribution in [0.3, 0.4) is 0 Å². The van der Waals surface area contributed by atoms with Crippen LogP contribution in [0.2, 0.25) is 0 Å². The molecule has 2 unspecified atom stereocenters. The van der Waals surface area contributed by atoms with Crippen LogP contribution in [-0.2, 0) is 0 Å².